The molecule has 6 aromatic rings. The van der Waals surface area contributed by atoms with Crippen LogP contribution in [0.15, 0.2) is 106 Å². The number of nitrogens with one attached hydrogen (secondary N) is 2. The molecule has 0 radical (unpaired) electrons. The van der Waals surface area contributed by atoms with Gasteiger partial charge in [0.05, 0.1) is 57.8 Å². The Morgan fingerprint density at radius 1 is 0.740 bits per heavy atom. The highest BCUT2D eigenvalue weighted by Gasteiger charge is 2.55. The number of aliphatic carboxylic acids is 1. The van der Waals surface area contributed by atoms with Gasteiger partial charge in [-0.3, -0.25) is 27.9 Å². The number of unbranched alkanes of at least 4 members (excludes halogenated alkanes) is 1. The Morgan fingerprint density at radius 2 is 1.46 bits per heavy atom. The zero-order chi connectivity index (χ0) is 72.0. The van der Waals surface area contributed by atoms with Crippen LogP contribution in [0.5, 0.6) is 0 Å². The molecule has 2 aliphatic carbocycles. The van der Waals surface area contributed by atoms with Crippen LogP contribution in [0, 0.1) is 17.7 Å². The van der Waals surface area contributed by atoms with Crippen LogP contribution in [0.3, 0.4) is 0 Å². The van der Waals surface area contributed by atoms with Crippen molar-refractivity contribution >= 4 is 70.6 Å². The summed E-state index contributed by atoms with van der Waals surface area (Å²) < 4.78 is 158. The fraction of sp³-hybridized carbons (Fsp3) is 0.524. The Labute approximate surface area is 572 Å². The molecule has 544 valence electrons. The maximum absolute atomic E-state index is 14.8. The number of carboxylic acid groups (broad SMARTS) is 1. The van der Waals surface area contributed by atoms with E-state index >= 15 is 0 Å². The zero-order valence-electron chi connectivity index (χ0n) is 53.6. The average Bonchev–Trinajstić information content (AvgIpc) is 0.826. The van der Waals surface area contributed by atoms with Crippen LogP contribution < -0.4 is 10.6 Å². The minimum absolute atomic E-state index is 0.0200. The quantitative estimate of drug-likeness (QED) is 0.0191. The van der Waals surface area contributed by atoms with Crippen molar-refractivity contribution in [3.05, 3.63) is 108 Å². The topological polar surface area (TPSA) is 494 Å². The molecule has 2 saturated heterocycles. The molecule has 0 spiro atoms. The number of fused-ring (bicyclic) bond motifs is 1. The molecule has 33 nitrogen and oxygen atoms in total. The summed E-state index contributed by atoms with van der Waals surface area (Å²) in [7, 11) is -15.5. The maximum atomic E-state index is 14.8. The van der Waals surface area contributed by atoms with E-state index in [-0.39, 0.29) is 75.2 Å². The molecule has 2 amide bonds. The third kappa shape index (κ3) is 18.4. The van der Waals surface area contributed by atoms with Crippen LogP contribution in [0.4, 0.5) is 10.1 Å². The number of hydrogen-bond donors (Lipinski definition) is 11. The second-order valence-corrected chi connectivity index (χ2v) is 29.4. The highest BCUT2D eigenvalue weighted by Crippen LogP contribution is 2.43. The second kappa shape index (κ2) is 32.3. The van der Waals surface area contributed by atoms with E-state index in [1.54, 1.807) is 30.5 Å². The van der Waals surface area contributed by atoms with Crippen molar-refractivity contribution in [2.45, 2.75) is 197 Å². The number of anilines is 1. The highest BCUT2D eigenvalue weighted by molar-refractivity contribution is 7.87. The first-order chi connectivity index (χ1) is 47.4. The number of ether oxygens (including phenoxy) is 6. The highest BCUT2D eigenvalue weighted by atomic mass is 32.2. The predicted molar refractivity (Wildman–Crippen MR) is 341 cm³/mol. The number of aryl methyl sites for hydroxylation is 2. The molecule has 2 aromatic heterocycles. The van der Waals surface area contributed by atoms with Gasteiger partial charge in [0, 0.05) is 42.6 Å². The van der Waals surface area contributed by atoms with Crippen LogP contribution >= 0.6 is 0 Å². The molecule has 2 saturated carbocycles. The van der Waals surface area contributed by atoms with Gasteiger partial charge in [0.1, 0.15) is 59.1 Å². The lowest BCUT2D eigenvalue weighted by Gasteiger charge is -2.48. The number of benzene rings is 4. The summed E-state index contributed by atoms with van der Waals surface area (Å²) in [5.41, 5.74) is 0.430. The van der Waals surface area contributed by atoms with Crippen LogP contribution in [0.1, 0.15) is 106 Å². The molecule has 11 N–H and O–H groups in total. The molecule has 10 rings (SSSR count). The van der Waals surface area contributed by atoms with E-state index in [0.29, 0.717) is 54.8 Å². The third-order valence-corrected chi connectivity index (χ3v) is 20.6. The summed E-state index contributed by atoms with van der Waals surface area (Å²) in [5.74, 6) is -5.44. The summed E-state index contributed by atoms with van der Waals surface area (Å²) in [5, 5.41) is 88.0. The normalized spacial score (nSPS) is 26.6. The van der Waals surface area contributed by atoms with Gasteiger partial charge in [0.25, 0.3) is 30.4 Å². The molecule has 4 heterocycles. The number of aliphatic hydroxyl groups is 5. The van der Waals surface area contributed by atoms with Crippen molar-refractivity contribution in [2.24, 2.45) is 11.8 Å². The molecule has 14 unspecified atom stereocenters. The van der Waals surface area contributed by atoms with Crippen molar-refractivity contribution in [3.8, 4) is 11.3 Å². The van der Waals surface area contributed by atoms with Crippen LogP contribution in [0.25, 0.3) is 22.0 Å². The van der Waals surface area contributed by atoms with Crippen molar-refractivity contribution in [2.75, 3.05) is 18.5 Å². The monoisotopic (exact) mass is 1460 g/mol. The minimum Gasteiger partial charge on any atom is -0.479 e. The smallest absolute Gasteiger partial charge is 0.338 e. The number of esters is 1. The predicted octanol–water partition coefficient (Wildman–Crippen LogP) is 2.79. The van der Waals surface area contributed by atoms with Crippen molar-refractivity contribution in [3.63, 3.8) is 0 Å². The van der Waals surface area contributed by atoms with Crippen molar-refractivity contribution in [1.82, 2.24) is 35.3 Å². The van der Waals surface area contributed by atoms with E-state index in [0.717, 1.165) is 19.3 Å². The summed E-state index contributed by atoms with van der Waals surface area (Å²) in [6, 6.07) is 14.4. The third-order valence-electron chi connectivity index (χ3n) is 18.1. The molecule has 0 bridgehead atoms. The van der Waals surface area contributed by atoms with Crippen LogP contribution in [-0.2, 0) is 86.1 Å². The van der Waals surface area contributed by atoms with Gasteiger partial charge in [0.15, 0.2) is 24.8 Å². The van der Waals surface area contributed by atoms with E-state index in [9.17, 15) is 93.1 Å². The number of rotatable bonds is 28. The molecular weight excluding hydrogens is 1380 g/mol. The van der Waals surface area contributed by atoms with Gasteiger partial charge in [-0.1, -0.05) is 72.9 Å². The molecule has 37 heteroatoms. The lowest BCUT2D eigenvalue weighted by atomic mass is 9.80. The van der Waals surface area contributed by atoms with Gasteiger partial charge in [0.2, 0.25) is 11.8 Å². The SMILES string of the molecule is CC1OC(OC2C(OC3OC(CO)C(O)C(O[C@@H](CC4CCCCC4)C(=O)O)C3OC(=O)c3ccccc3)CC(C(=O)NCCCc3cn(CCCCC(=O)Nc4cc(S(=O)(=O)O)cc5cc(S(=O)(=O)O)cc(S(=O)(=O)O)c45)nn3)CC2n2cc(-c3cccc(F)c3)nn2)C(O)C(O)C1O. The number of amides is 2. The number of hydrogen-bond acceptors (Lipinski definition) is 25. The van der Waals surface area contributed by atoms with Gasteiger partial charge in [-0.05, 0) is 112 Å². The molecule has 15 atom stereocenters. The molecule has 4 aliphatic rings. The zero-order valence-corrected chi connectivity index (χ0v) is 56.0. The molecule has 4 aromatic carbocycles. The second-order valence-electron chi connectivity index (χ2n) is 25.2. The number of aliphatic hydroxyl groups excluding tert-OH is 5. The summed E-state index contributed by atoms with van der Waals surface area (Å²) >= 11 is 0. The Balaban J connectivity index is 0.870. The Hall–Kier alpha value is -7.44. The van der Waals surface area contributed by atoms with Gasteiger partial charge >= 0.3 is 11.9 Å². The van der Waals surface area contributed by atoms with Gasteiger partial charge in [-0.15, -0.1) is 10.2 Å². The molecule has 4 fully saturated rings. The fourth-order valence-corrected chi connectivity index (χ4v) is 14.9. The standard InChI is InChI=1S/C63H77FN8O25S3/c1-33-52(75)54(77)55(78)62(92-33)97-56-45(72-31-44(68-70-72)36-16-10-17-39(64)23-36)26-38(27-46(56)94-63-58(96-61(82)35-14-6-3-7-15-35)57(53(76)48(32-73)95-63)93-47(60(80)81)22-34-12-4-2-5-13-34)59(79)65-20-11-18-40-30-71(69-67-40)21-9-8-19-50(74)66-43-28-41(98(83,84)85)24-37-25-42(99(86,87)88)29-49(51(37)43)100(89,90)91/h3,6-7,10,14-17,23-25,28-31,33-34,38,45-48,52-58,62-63,73,75-78H,2,4-5,8-9,11-13,18-22,26-27,32H2,1H3,(H,65,79)(H,66,74)(H,80,81)(H,83,84,85)(H,86,87,88)(H,89,90,91)/t33?,38?,45?,46?,47-,48?,52?,53?,54?,55?,56?,57?,58?,62?,63?/m0/s1. The van der Waals surface area contributed by atoms with Crippen molar-refractivity contribution < 1.29 is 122 Å². The molecular formula is C63H77FN8O25S3. The number of carbonyl (C=O) groups excluding carboxylic acids is 3. The first-order valence-corrected chi connectivity index (χ1v) is 36.5. The number of nitrogens with zero attached hydrogens (tertiary/aromatic N) is 6. The lowest BCUT2D eigenvalue weighted by molar-refractivity contribution is -0.348. The molecule has 100 heavy (non-hydrogen) atoms. The first kappa shape index (κ1) is 75.2. The Morgan fingerprint density at radius 3 is 2.14 bits per heavy atom. The van der Waals surface area contributed by atoms with Crippen LogP contribution in [0.2, 0.25) is 0 Å². The maximum Gasteiger partial charge on any atom is 0.338 e. The Bertz CT molecular complexity index is 4240. The van der Waals surface area contributed by atoms with Gasteiger partial charge in [-0.2, -0.15) is 25.3 Å². The summed E-state index contributed by atoms with van der Waals surface area (Å²) in [6.45, 7) is 0.775. The number of halogens is 1. The lowest BCUT2D eigenvalue weighted by Crippen LogP contribution is -2.64. The summed E-state index contributed by atoms with van der Waals surface area (Å²) in [4.78, 5) is 52.2. The van der Waals surface area contributed by atoms with Crippen LogP contribution in [-0.4, -0.2) is 216 Å². The van der Waals surface area contributed by atoms with Gasteiger partial charge in [-0.25, -0.2) is 18.7 Å². The van der Waals surface area contributed by atoms with E-state index in [4.69, 9.17) is 28.4 Å². The largest absolute Gasteiger partial charge is 0.479 e. The number of carboxylic acids is 1. The van der Waals surface area contributed by atoms with Gasteiger partial charge < -0.3 is 69.7 Å². The summed E-state index contributed by atoms with van der Waals surface area (Å²) in [6.07, 6.45) is -14.1. The first-order valence-electron chi connectivity index (χ1n) is 32.2. The van der Waals surface area contributed by atoms with Crippen molar-refractivity contribution in [1.29, 1.82) is 0 Å². The number of carbonyl (C=O) groups is 4. The fourth-order valence-electron chi connectivity index (χ4n) is 12.9. The van der Waals surface area contributed by atoms with E-state index in [1.165, 1.54) is 52.8 Å². The van der Waals surface area contributed by atoms with E-state index in [2.05, 4.69) is 31.3 Å². The average molecular weight is 1460 g/mol. The van der Waals surface area contributed by atoms with E-state index < -0.39 is 189 Å². The van der Waals surface area contributed by atoms with E-state index in [1.807, 2.05) is 0 Å². The minimum atomic E-state index is -5.29. The molecule has 2 aliphatic heterocycles. The number of aromatic nitrogens is 6. The Kier molecular flexibility index (Phi) is 24.3.